The highest BCUT2D eigenvalue weighted by molar-refractivity contribution is 5.94. The third-order valence-electron chi connectivity index (χ3n) is 4.90. The smallest absolute Gasteiger partial charge is 0.303 e. The largest absolute Gasteiger partial charge is 0.481 e. The summed E-state index contributed by atoms with van der Waals surface area (Å²) >= 11 is 0. The zero-order valence-corrected chi connectivity index (χ0v) is 20.1. The number of carboxylic acids is 1. The number of nitrogens with one attached hydrogen (secondary N) is 2. The average molecular weight is 455 g/mol. The van der Waals surface area contributed by atoms with Crippen molar-refractivity contribution in [2.45, 2.75) is 65.7 Å². The van der Waals surface area contributed by atoms with E-state index in [0.29, 0.717) is 18.5 Å². The van der Waals surface area contributed by atoms with E-state index < -0.39 is 11.9 Å². The van der Waals surface area contributed by atoms with Crippen molar-refractivity contribution in [2.24, 2.45) is 5.92 Å². The monoisotopic (exact) mass is 454 g/mol. The van der Waals surface area contributed by atoms with Gasteiger partial charge in [-0.15, -0.1) is 0 Å². The zero-order valence-electron chi connectivity index (χ0n) is 20.1. The number of para-hydroxylation sites is 1. The highest BCUT2D eigenvalue weighted by Gasteiger charge is 2.20. The summed E-state index contributed by atoms with van der Waals surface area (Å²) in [5.74, 6) is -2.00. The number of rotatable bonds is 12. The fourth-order valence-corrected chi connectivity index (χ4v) is 3.24. The molecule has 0 fully saturated rings. The Morgan fingerprint density at radius 3 is 1.97 bits per heavy atom. The van der Waals surface area contributed by atoms with E-state index in [9.17, 15) is 14.4 Å². The van der Waals surface area contributed by atoms with Crippen LogP contribution in [0.5, 0.6) is 0 Å². The Morgan fingerprint density at radius 2 is 1.42 bits per heavy atom. The molecule has 2 rings (SSSR count). The first-order valence-corrected chi connectivity index (χ1v) is 11.8. The van der Waals surface area contributed by atoms with Crippen LogP contribution in [0.25, 0.3) is 0 Å². The summed E-state index contributed by atoms with van der Waals surface area (Å²) in [6.45, 7) is 6.24. The minimum Gasteiger partial charge on any atom is -0.481 e. The second-order valence-electron chi connectivity index (χ2n) is 8.07. The predicted octanol–water partition coefficient (Wildman–Crippen LogP) is 5.22. The van der Waals surface area contributed by atoms with Crippen LogP contribution in [0.15, 0.2) is 54.6 Å². The van der Waals surface area contributed by atoms with E-state index in [1.54, 1.807) is 12.1 Å². The van der Waals surface area contributed by atoms with E-state index in [1.165, 1.54) is 12.0 Å². The van der Waals surface area contributed by atoms with Crippen molar-refractivity contribution in [1.82, 2.24) is 5.32 Å². The molecule has 0 saturated heterocycles. The van der Waals surface area contributed by atoms with Gasteiger partial charge >= 0.3 is 5.97 Å². The van der Waals surface area contributed by atoms with Crippen LogP contribution in [0.4, 0.5) is 5.69 Å². The molecular formula is C27H38N2O4. The van der Waals surface area contributed by atoms with Crippen molar-refractivity contribution in [2.75, 3.05) is 11.9 Å². The molecule has 2 aromatic carbocycles. The van der Waals surface area contributed by atoms with E-state index in [0.717, 1.165) is 18.4 Å². The minimum absolute atomic E-state index is 0.0796. The summed E-state index contributed by atoms with van der Waals surface area (Å²) < 4.78 is 0. The molecule has 2 amide bonds. The molecule has 0 spiro atoms. The van der Waals surface area contributed by atoms with Crippen LogP contribution in [0, 0.1) is 5.92 Å². The molecule has 0 aromatic heterocycles. The molecule has 3 N–H and O–H groups in total. The fraction of sp³-hybridized carbons (Fsp3) is 0.444. The quantitative estimate of drug-likeness (QED) is 0.409. The van der Waals surface area contributed by atoms with Crippen molar-refractivity contribution in [1.29, 1.82) is 0 Å². The van der Waals surface area contributed by atoms with Crippen LogP contribution in [0.1, 0.15) is 64.0 Å². The van der Waals surface area contributed by atoms with Gasteiger partial charge < -0.3 is 15.7 Å². The van der Waals surface area contributed by atoms with Gasteiger partial charge in [0.1, 0.15) is 0 Å². The summed E-state index contributed by atoms with van der Waals surface area (Å²) in [5, 5.41) is 14.4. The molecule has 2 aromatic rings. The number of aliphatic carboxylic acids is 1. The molecule has 0 radical (unpaired) electrons. The summed E-state index contributed by atoms with van der Waals surface area (Å²) in [6, 6.07) is 17.3. The number of anilines is 1. The second kappa shape index (κ2) is 16.5. The maximum absolute atomic E-state index is 12.6. The Balaban J connectivity index is 0.00000172. The van der Waals surface area contributed by atoms with Crippen LogP contribution in [-0.2, 0) is 27.2 Å². The SMILES string of the molecule is CCC.CCCc1ccc(CC[C@H](CCC(=O)O)C(=O)NCC(=O)Nc2ccccc2)cc1. The van der Waals surface area contributed by atoms with Crippen molar-refractivity contribution in [3.8, 4) is 0 Å². The summed E-state index contributed by atoms with van der Waals surface area (Å²) in [7, 11) is 0. The third kappa shape index (κ3) is 12.5. The lowest BCUT2D eigenvalue weighted by Crippen LogP contribution is -2.37. The van der Waals surface area contributed by atoms with Crippen molar-refractivity contribution < 1.29 is 19.5 Å². The molecule has 0 saturated carbocycles. The number of carbonyl (C=O) groups is 3. The van der Waals surface area contributed by atoms with Gasteiger partial charge in [0.05, 0.1) is 6.54 Å². The lowest BCUT2D eigenvalue weighted by Gasteiger charge is -2.16. The van der Waals surface area contributed by atoms with Gasteiger partial charge in [0.25, 0.3) is 0 Å². The van der Waals surface area contributed by atoms with Crippen LogP contribution >= 0.6 is 0 Å². The van der Waals surface area contributed by atoms with Gasteiger partial charge in [0, 0.05) is 18.0 Å². The molecule has 0 aliphatic rings. The molecule has 33 heavy (non-hydrogen) atoms. The van der Waals surface area contributed by atoms with Gasteiger partial charge in [-0.3, -0.25) is 14.4 Å². The van der Waals surface area contributed by atoms with Crippen molar-refractivity contribution in [3.05, 3.63) is 65.7 Å². The van der Waals surface area contributed by atoms with Gasteiger partial charge in [-0.25, -0.2) is 0 Å². The van der Waals surface area contributed by atoms with Crippen LogP contribution < -0.4 is 10.6 Å². The summed E-state index contributed by atoms with van der Waals surface area (Å²) in [4.78, 5) is 35.6. The number of aryl methyl sites for hydroxylation is 2. The van der Waals surface area contributed by atoms with Crippen molar-refractivity contribution in [3.63, 3.8) is 0 Å². The van der Waals surface area contributed by atoms with Crippen LogP contribution in [0.3, 0.4) is 0 Å². The molecule has 180 valence electrons. The van der Waals surface area contributed by atoms with E-state index >= 15 is 0 Å². The Bertz CT molecular complexity index is 835. The third-order valence-corrected chi connectivity index (χ3v) is 4.90. The number of hydrogen-bond donors (Lipinski definition) is 3. The maximum atomic E-state index is 12.6. The highest BCUT2D eigenvalue weighted by atomic mass is 16.4. The number of benzene rings is 2. The molecule has 1 atom stereocenters. The van der Waals surface area contributed by atoms with E-state index in [4.69, 9.17) is 5.11 Å². The Labute approximate surface area is 197 Å². The van der Waals surface area contributed by atoms with Gasteiger partial charge in [-0.2, -0.15) is 0 Å². The first-order chi connectivity index (χ1) is 15.9. The zero-order chi connectivity index (χ0) is 24.5. The number of carbonyl (C=O) groups excluding carboxylic acids is 2. The Hall–Kier alpha value is -3.15. The lowest BCUT2D eigenvalue weighted by atomic mass is 9.93. The summed E-state index contributed by atoms with van der Waals surface area (Å²) in [5.41, 5.74) is 3.06. The van der Waals surface area contributed by atoms with E-state index in [-0.39, 0.29) is 31.2 Å². The number of amides is 2. The average Bonchev–Trinajstić information content (AvgIpc) is 2.80. The molecule has 0 heterocycles. The van der Waals surface area contributed by atoms with Crippen LogP contribution in [-0.4, -0.2) is 29.4 Å². The van der Waals surface area contributed by atoms with Gasteiger partial charge in [0.2, 0.25) is 11.8 Å². The predicted molar refractivity (Wildman–Crippen MR) is 133 cm³/mol. The van der Waals surface area contributed by atoms with E-state index in [1.807, 2.05) is 18.2 Å². The molecule has 6 heteroatoms. The van der Waals surface area contributed by atoms with Crippen molar-refractivity contribution >= 4 is 23.5 Å². The van der Waals surface area contributed by atoms with Crippen LogP contribution in [0.2, 0.25) is 0 Å². The number of carboxylic acid groups (broad SMARTS) is 1. The topological polar surface area (TPSA) is 95.5 Å². The van der Waals surface area contributed by atoms with Gasteiger partial charge in [-0.05, 0) is 48.9 Å². The fourth-order valence-electron chi connectivity index (χ4n) is 3.24. The molecule has 0 aliphatic heterocycles. The van der Waals surface area contributed by atoms with E-state index in [2.05, 4.69) is 55.7 Å². The molecular weight excluding hydrogens is 416 g/mol. The standard InChI is InChI=1S/C24H30N2O4.C3H8/c1-2-6-18-9-11-19(12-10-18)13-14-20(15-16-23(28)29)24(30)25-17-22(27)26-21-7-4-3-5-8-21;1-3-2/h3-5,7-12,20H,2,6,13-17H2,1H3,(H,25,30)(H,26,27)(H,28,29);3H2,1-2H3/t20-;/m1./s1. The van der Waals surface area contributed by atoms with Gasteiger partial charge in [-0.1, -0.05) is 76.1 Å². The summed E-state index contributed by atoms with van der Waals surface area (Å²) in [6.07, 6.45) is 4.76. The first-order valence-electron chi connectivity index (χ1n) is 11.8. The lowest BCUT2D eigenvalue weighted by molar-refractivity contribution is -0.137. The Morgan fingerprint density at radius 1 is 0.848 bits per heavy atom. The normalized spacial score (nSPS) is 11.0. The highest BCUT2D eigenvalue weighted by Crippen LogP contribution is 2.17. The first kappa shape index (κ1) is 27.9. The number of hydrogen-bond acceptors (Lipinski definition) is 3. The van der Waals surface area contributed by atoms with Gasteiger partial charge in [0.15, 0.2) is 0 Å². The minimum atomic E-state index is -0.932. The molecule has 6 nitrogen and oxygen atoms in total. The molecule has 0 unspecified atom stereocenters. The Kier molecular flexibility index (Phi) is 13.9. The maximum Gasteiger partial charge on any atom is 0.303 e. The second-order valence-corrected chi connectivity index (χ2v) is 8.07. The molecule has 0 bridgehead atoms. The molecule has 0 aliphatic carbocycles.